The van der Waals surface area contributed by atoms with Crippen molar-refractivity contribution in [2.75, 3.05) is 0 Å². The van der Waals surface area contributed by atoms with Crippen LogP contribution in [0.5, 0.6) is 0 Å². The quantitative estimate of drug-likeness (QED) is 0.289. The van der Waals surface area contributed by atoms with Crippen LogP contribution in [0.15, 0.2) is 84.9 Å². The molecule has 0 unspecified atom stereocenters. The van der Waals surface area contributed by atoms with Gasteiger partial charge in [0.25, 0.3) is 11.6 Å². The summed E-state index contributed by atoms with van der Waals surface area (Å²) in [5.41, 5.74) is 2.64. The minimum atomic E-state index is -0.465. The van der Waals surface area contributed by atoms with E-state index in [1.165, 1.54) is 22.8 Å². The maximum Gasteiger partial charge on any atom is 0.270 e. The second-order valence-electron chi connectivity index (χ2n) is 6.15. The summed E-state index contributed by atoms with van der Waals surface area (Å²) in [6.45, 7) is 0. The molecule has 6 heteroatoms. The van der Waals surface area contributed by atoms with Crippen LogP contribution in [0.1, 0.15) is 10.4 Å². The molecule has 0 aliphatic heterocycles. The number of aromatic nitrogens is 2. The van der Waals surface area contributed by atoms with Crippen molar-refractivity contribution < 1.29 is 9.72 Å². The van der Waals surface area contributed by atoms with Crippen LogP contribution in [-0.2, 0) is 0 Å². The second-order valence-corrected chi connectivity index (χ2v) is 6.15. The summed E-state index contributed by atoms with van der Waals surface area (Å²) in [6.07, 6.45) is 3.21. The molecule has 1 heterocycles. The first-order valence-corrected chi connectivity index (χ1v) is 8.63. The zero-order chi connectivity index (χ0) is 19.5. The fraction of sp³-hybridized carbons (Fsp3) is 0. The summed E-state index contributed by atoms with van der Waals surface area (Å²) < 4.78 is 1.48. The van der Waals surface area contributed by atoms with Gasteiger partial charge in [-0.25, -0.2) is 4.98 Å². The molecule has 0 amide bonds. The predicted molar refractivity (Wildman–Crippen MR) is 108 cm³/mol. The number of hydrogen-bond donors (Lipinski definition) is 0. The second kappa shape index (κ2) is 7.28. The lowest BCUT2D eigenvalue weighted by molar-refractivity contribution is -0.384. The fourth-order valence-electron chi connectivity index (χ4n) is 3.01. The largest absolute Gasteiger partial charge is 0.270 e. The van der Waals surface area contributed by atoms with E-state index in [2.05, 4.69) is 4.98 Å². The SMILES string of the molecule is O=C(/C=C/c1ccccc1)n1c(-c2cccc([N+](=O)[O-])c2)nc2ccccc21. The van der Waals surface area contributed by atoms with Gasteiger partial charge in [-0.2, -0.15) is 0 Å². The van der Waals surface area contributed by atoms with Crippen molar-refractivity contribution in [3.63, 3.8) is 0 Å². The summed E-state index contributed by atoms with van der Waals surface area (Å²) in [7, 11) is 0. The van der Waals surface area contributed by atoms with Crippen molar-refractivity contribution in [1.29, 1.82) is 0 Å². The van der Waals surface area contributed by atoms with Gasteiger partial charge in [-0.3, -0.25) is 19.5 Å². The van der Waals surface area contributed by atoms with E-state index >= 15 is 0 Å². The van der Waals surface area contributed by atoms with Gasteiger partial charge in [-0.05, 0) is 23.8 Å². The molecule has 28 heavy (non-hydrogen) atoms. The Balaban J connectivity index is 1.84. The maximum atomic E-state index is 13.0. The van der Waals surface area contributed by atoms with Crippen LogP contribution in [0, 0.1) is 10.1 Å². The molecule has 0 fully saturated rings. The summed E-state index contributed by atoms with van der Waals surface area (Å²) in [5, 5.41) is 11.1. The van der Waals surface area contributed by atoms with E-state index < -0.39 is 4.92 Å². The van der Waals surface area contributed by atoms with Crippen LogP contribution in [0.3, 0.4) is 0 Å². The smallest absolute Gasteiger partial charge is 0.269 e. The normalized spacial score (nSPS) is 11.1. The number of non-ortho nitro benzene ring substituents is 1. The molecule has 0 aliphatic carbocycles. The van der Waals surface area contributed by atoms with Crippen molar-refractivity contribution >= 4 is 28.7 Å². The standard InChI is InChI=1S/C22H15N3O3/c26-21(14-13-16-7-2-1-3-8-16)24-20-12-5-4-11-19(20)23-22(24)17-9-6-10-18(15-17)25(27)28/h1-15H/b14-13+. The van der Waals surface area contributed by atoms with Gasteiger partial charge in [0, 0.05) is 23.8 Å². The van der Waals surface area contributed by atoms with Crippen molar-refractivity contribution in [2.45, 2.75) is 0 Å². The van der Waals surface area contributed by atoms with E-state index in [0.29, 0.717) is 22.4 Å². The average molecular weight is 369 g/mol. The van der Waals surface area contributed by atoms with Gasteiger partial charge in [-0.15, -0.1) is 0 Å². The zero-order valence-electron chi connectivity index (χ0n) is 14.7. The number of nitro groups is 1. The van der Waals surface area contributed by atoms with Crippen LogP contribution in [0.4, 0.5) is 5.69 Å². The summed E-state index contributed by atoms with van der Waals surface area (Å²) >= 11 is 0. The number of hydrogen-bond acceptors (Lipinski definition) is 4. The minimum absolute atomic E-state index is 0.0524. The number of nitrogens with zero attached hydrogens (tertiary/aromatic N) is 3. The topological polar surface area (TPSA) is 78.0 Å². The monoisotopic (exact) mass is 369 g/mol. The number of benzene rings is 3. The lowest BCUT2D eigenvalue weighted by Crippen LogP contribution is -2.09. The van der Waals surface area contributed by atoms with Crippen molar-refractivity contribution in [2.24, 2.45) is 0 Å². The Kier molecular flexibility index (Phi) is 4.51. The molecule has 136 valence electrons. The van der Waals surface area contributed by atoms with E-state index in [1.54, 1.807) is 30.3 Å². The minimum Gasteiger partial charge on any atom is -0.269 e. The van der Waals surface area contributed by atoms with Gasteiger partial charge in [0.1, 0.15) is 5.82 Å². The maximum absolute atomic E-state index is 13.0. The Morgan fingerprint density at radius 1 is 0.964 bits per heavy atom. The van der Waals surface area contributed by atoms with E-state index in [9.17, 15) is 14.9 Å². The molecule has 0 N–H and O–H groups in total. The molecule has 0 spiro atoms. The van der Waals surface area contributed by atoms with Gasteiger partial charge in [0.05, 0.1) is 16.0 Å². The van der Waals surface area contributed by atoms with Gasteiger partial charge in [0.2, 0.25) is 0 Å². The number of rotatable bonds is 4. The molecule has 3 aromatic carbocycles. The molecule has 0 saturated heterocycles. The highest BCUT2D eigenvalue weighted by Gasteiger charge is 2.18. The van der Waals surface area contributed by atoms with Crippen molar-refractivity contribution in [3.8, 4) is 11.4 Å². The Labute approximate surface area is 160 Å². The molecular weight excluding hydrogens is 354 g/mol. The van der Waals surface area contributed by atoms with Crippen LogP contribution in [0.2, 0.25) is 0 Å². The first kappa shape index (κ1) is 17.4. The summed E-state index contributed by atoms with van der Waals surface area (Å²) in [5.74, 6) is 0.0895. The Morgan fingerprint density at radius 3 is 2.50 bits per heavy atom. The molecule has 0 radical (unpaired) electrons. The fourth-order valence-corrected chi connectivity index (χ4v) is 3.01. The number of para-hydroxylation sites is 2. The molecule has 0 aliphatic rings. The lowest BCUT2D eigenvalue weighted by atomic mass is 10.2. The van der Waals surface area contributed by atoms with Gasteiger partial charge < -0.3 is 0 Å². The zero-order valence-corrected chi connectivity index (χ0v) is 14.7. The van der Waals surface area contributed by atoms with Crippen LogP contribution in [0.25, 0.3) is 28.5 Å². The number of imidazole rings is 1. The highest BCUT2D eigenvalue weighted by molar-refractivity contribution is 6.02. The number of fused-ring (bicyclic) bond motifs is 1. The highest BCUT2D eigenvalue weighted by atomic mass is 16.6. The van der Waals surface area contributed by atoms with E-state index in [0.717, 1.165) is 5.56 Å². The van der Waals surface area contributed by atoms with E-state index in [-0.39, 0.29) is 11.6 Å². The molecule has 0 bridgehead atoms. The molecule has 0 atom stereocenters. The number of carbonyl (C=O) groups is 1. The first-order valence-electron chi connectivity index (χ1n) is 8.63. The Morgan fingerprint density at radius 2 is 1.71 bits per heavy atom. The summed E-state index contributed by atoms with van der Waals surface area (Å²) in [4.78, 5) is 28.2. The number of allylic oxidation sites excluding steroid dienone is 1. The highest BCUT2D eigenvalue weighted by Crippen LogP contribution is 2.27. The average Bonchev–Trinajstić information content (AvgIpc) is 3.12. The lowest BCUT2D eigenvalue weighted by Gasteiger charge is -2.05. The molecule has 4 rings (SSSR count). The number of carbonyl (C=O) groups excluding carboxylic acids is 1. The number of nitro benzene ring substituents is 1. The van der Waals surface area contributed by atoms with E-state index in [4.69, 9.17) is 0 Å². The third-order valence-electron chi connectivity index (χ3n) is 4.31. The molecule has 6 nitrogen and oxygen atoms in total. The van der Waals surface area contributed by atoms with Gasteiger partial charge >= 0.3 is 0 Å². The molecular formula is C22H15N3O3. The third kappa shape index (κ3) is 3.31. The van der Waals surface area contributed by atoms with E-state index in [1.807, 2.05) is 42.5 Å². The van der Waals surface area contributed by atoms with Crippen LogP contribution in [-0.4, -0.2) is 20.4 Å². The Bertz CT molecular complexity index is 1210. The van der Waals surface area contributed by atoms with Gasteiger partial charge in [0.15, 0.2) is 0 Å². The third-order valence-corrected chi connectivity index (χ3v) is 4.31. The van der Waals surface area contributed by atoms with Crippen molar-refractivity contribution in [3.05, 3.63) is 101 Å². The first-order chi connectivity index (χ1) is 13.6. The predicted octanol–water partition coefficient (Wildman–Crippen LogP) is 4.97. The molecule has 4 aromatic rings. The Hall–Kier alpha value is -4.06. The van der Waals surface area contributed by atoms with Crippen molar-refractivity contribution in [1.82, 2.24) is 9.55 Å². The van der Waals surface area contributed by atoms with Gasteiger partial charge in [-0.1, -0.05) is 54.6 Å². The van der Waals surface area contributed by atoms with Crippen LogP contribution >= 0.6 is 0 Å². The molecule has 1 aromatic heterocycles. The molecule has 0 saturated carbocycles. The summed E-state index contributed by atoms with van der Waals surface area (Å²) in [6, 6.07) is 22.9. The van der Waals surface area contributed by atoms with Crippen LogP contribution < -0.4 is 0 Å².